The van der Waals surface area contributed by atoms with Crippen molar-refractivity contribution in [3.63, 3.8) is 0 Å². The summed E-state index contributed by atoms with van der Waals surface area (Å²) < 4.78 is 2.07. The van der Waals surface area contributed by atoms with Crippen LogP contribution in [0.25, 0.3) is 11.1 Å². The number of aryl methyl sites for hydroxylation is 1. The highest BCUT2D eigenvalue weighted by Gasteiger charge is 2.07. The lowest BCUT2D eigenvalue weighted by Crippen LogP contribution is -2.36. The molecule has 5 nitrogen and oxygen atoms in total. The van der Waals surface area contributed by atoms with E-state index < -0.39 is 0 Å². The Morgan fingerprint density at radius 2 is 1.81 bits per heavy atom. The molecular weight excluding hydrogens is 529 g/mol. The molecule has 4 aromatic rings. The Hall–Kier alpha value is -2.65. The number of hydrogen-bond acceptors (Lipinski definition) is 3. The molecule has 0 aliphatic rings. The first kappa shape index (κ1) is 24.0. The number of aliphatic imine (C=N–C) groups is 1. The molecule has 0 bridgehead atoms. The van der Waals surface area contributed by atoms with Crippen LogP contribution in [0.5, 0.6) is 0 Å². The molecule has 0 unspecified atom stereocenters. The largest absolute Gasteiger partial charge is 0.352 e. The number of thiophene rings is 1. The van der Waals surface area contributed by atoms with E-state index in [0.717, 1.165) is 19.0 Å². The summed E-state index contributed by atoms with van der Waals surface area (Å²) in [5.41, 5.74) is 6.25. The SMILES string of the molecule is CN=C(NCc1ccccc1-c1ccc(Cn2ccnc2)cc1)NCc1sccc1C.I. The second-order valence-corrected chi connectivity index (χ2v) is 8.40. The van der Waals surface area contributed by atoms with Crippen molar-refractivity contribution in [3.8, 4) is 11.1 Å². The molecule has 0 saturated carbocycles. The smallest absolute Gasteiger partial charge is 0.191 e. The molecule has 0 amide bonds. The van der Waals surface area contributed by atoms with E-state index in [4.69, 9.17) is 0 Å². The van der Waals surface area contributed by atoms with E-state index in [1.807, 2.05) is 25.8 Å². The normalized spacial score (nSPS) is 11.1. The fraction of sp³-hybridized carbons (Fsp3) is 0.200. The van der Waals surface area contributed by atoms with Gasteiger partial charge in [0.15, 0.2) is 5.96 Å². The first-order valence-electron chi connectivity index (χ1n) is 10.3. The second-order valence-electron chi connectivity index (χ2n) is 7.40. The molecule has 2 N–H and O–H groups in total. The van der Waals surface area contributed by atoms with E-state index in [2.05, 4.69) is 92.1 Å². The lowest BCUT2D eigenvalue weighted by molar-refractivity contribution is 0.797. The lowest BCUT2D eigenvalue weighted by Gasteiger charge is -2.15. The number of halogens is 1. The number of rotatable bonds is 7. The van der Waals surface area contributed by atoms with Gasteiger partial charge in [-0.05, 0) is 46.2 Å². The topological polar surface area (TPSA) is 54.2 Å². The predicted molar refractivity (Wildman–Crippen MR) is 145 cm³/mol. The highest BCUT2D eigenvalue weighted by molar-refractivity contribution is 14.0. The first-order valence-corrected chi connectivity index (χ1v) is 11.2. The number of nitrogens with one attached hydrogen (secondary N) is 2. The van der Waals surface area contributed by atoms with Gasteiger partial charge < -0.3 is 15.2 Å². The fourth-order valence-electron chi connectivity index (χ4n) is 3.49. The molecule has 0 saturated heterocycles. The Labute approximate surface area is 210 Å². The minimum atomic E-state index is 0. The van der Waals surface area contributed by atoms with Crippen LogP contribution in [0, 0.1) is 6.92 Å². The van der Waals surface area contributed by atoms with Crippen LogP contribution in [-0.2, 0) is 19.6 Å². The van der Waals surface area contributed by atoms with Crippen LogP contribution < -0.4 is 10.6 Å². The third-order valence-electron chi connectivity index (χ3n) is 5.26. The molecular formula is C25H28IN5S. The summed E-state index contributed by atoms with van der Waals surface area (Å²) in [6.45, 7) is 4.45. The molecule has 2 heterocycles. The average Bonchev–Trinajstić information content (AvgIpc) is 3.46. The molecule has 2 aromatic heterocycles. The highest BCUT2D eigenvalue weighted by Crippen LogP contribution is 2.24. The van der Waals surface area contributed by atoms with Crippen LogP contribution in [0.1, 0.15) is 21.6 Å². The molecule has 2 aromatic carbocycles. The van der Waals surface area contributed by atoms with Gasteiger partial charge in [0, 0.05) is 37.4 Å². The number of benzene rings is 2. The molecule has 0 aliphatic heterocycles. The van der Waals surface area contributed by atoms with Gasteiger partial charge in [0.05, 0.1) is 12.9 Å². The van der Waals surface area contributed by atoms with Gasteiger partial charge in [-0.15, -0.1) is 35.3 Å². The summed E-state index contributed by atoms with van der Waals surface area (Å²) in [7, 11) is 1.81. The van der Waals surface area contributed by atoms with Gasteiger partial charge in [-0.2, -0.15) is 0 Å². The third kappa shape index (κ3) is 6.20. The number of aromatic nitrogens is 2. The second kappa shape index (κ2) is 11.8. The van der Waals surface area contributed by atoms with Gasteiger partial charge >= 0.3 is 0 Å². The highest BCUT2D eigenvalue weighted by atomic mass is 127. The van der Waals surface area contributed by atoms with Gasteiger partial charge in [0.25, 0.3) is 0 Å². The zero-order valence-electron chi connectivity index (χ0n) is 18.3. The van der Waals surface area contributed by atoms with E-state index >= 15 is 0 Å². The van der Waals surface area contributed by atoms with Crippen LogP contribution >= 0.6 is 35.3 Å². The van der Waals surface area contributed by atoms with Crippen LogP contribution in [0.2, 0.25) is 0 Å². The van der Waals surface area contributed by atoms with Crippen LogP contribution in [0.15, 0.2) is 83.7 Å². The Morgan fingerprint density at radius 1 is 1.03 bits per heavy atom. The summed E-state index contributed by atoms with van der Waals surface area (Å²) >= 11 is 1.77. The van der Waals surface area contributed by atoms with Crippen molar-refractivity contribution in [2.75, 3.05) is 7.05 Å². The lowest BCUT2D eigenvalue weighted by atomic mass is 9.98. The van der Waals surface area contributed by atoms with Crippen LogP contribution in [0.3, 0.4) is 0 Å². The van der Waals surface area contributed by atoms with Crippen molar-refractivity contribution < 1.29 is 0 Å². The molecule has 0 radical (unpaired) electrons. The van der Waals surface area contributed by atoms with Gasteiger partial charge in [0.1, 0.15) is 0 Å². The van der Waals surface area contributed by atoms with Crippen molar-refractivity contribution >= 4 is 41.3 Å². The number of imidazole rings is 1. The summed E-state index contributed by atoms with van der Waals surface area (Å²) in [5, 5.41) is 8.99. The van der Waals surface area contributed by atoms with Crippen molar-refractivity contribution in [1.82, 2.24) is 20.2 Å². The van der Waals surface area contributed by atoms with Crippen molar-refractivity contribution in [2.45, 2.75) is 26.6 Å². The van der Waals surface area contributed by atoms with Gasteiger partial charge in [-0.3, -0.25) is 4.99 Å². The summed E-state index contributed by atoms with van der Waals surface area (Å²) in [6, 6.07) is 19.4. The van der Waals surface area contributed by atoms with Gasteiger partial charge in [-0.1, -0.05) is 48.5 Å². The molecule has 0 atom stereocenters. The van der Waals surface area contributed by atoms with Gasteiger partial charge in [0.2, 0.25) is 0 Å². The maximum Gasteiger partial charge on any atom is 0.191 e. The summed E-state index contributed by atoms with van der Waals surface area (Å²) in [5.74, 6) is 0.804. The first-order chi connectivity index (χ1) is 15.2. The van der Waals surface area contributed by atoms with E-state index in [-0.39, 0.29) is 24.0 Å². The Bertz CT molecular complexity index is 1130. The monoisotopic (exact) mass is 557 g/mol. The summed E-state index contributed by atoms with van der Waals surface area (Å²) in [4.78, 5) is 9.82. The molecule has 32 heavy (non-hydrogen) atoms. The average molecular weight is 558 g/mol. The maximum atomic E-state index is 4.37. The standard InChI is InChI=1S/C25H27N5S.HI/c1-19-11-14-31-24(19)16-29-25(26-2)28-15-22-5-3-4-6-23(22)21-9-7-20(8-10-21)17-30-13-12-27-18-30;/h3-14,18H,15-17H2,1-2H3,(H2,26,28,29);1H. The fourth-order valence-corrected chi connectivity index (χ4v) is 4.33. The number of guanidine groups is 1. The van der Waals surface area contributed by atoms with E-state index in [1.54, 1.807) is 11.3 Å². The zero-order valence-corrected chi connectivity index (χ0v) is 21.4. The quantitative estimate of drug-likeness (QED) is 0.181. The van der Waals surface area contributed by atoms with E-state index in [0.29, 0.717) is 6.54 Å². The minimum Gasteiger partial charge on any atom is -0.352 e. The molecule has 0 fully saturated rings. The Kier molecular flexibility index (Phi) is 8.87. The molecule has 0 aliphatic carbocycles. The summed E-state index contributed by atoms with van der Waals surface area (Å²) in [6.07, 6.45) is 5.63. The molecule has 4 rings (SSSR count). The Balaban J connectivity index is 0.00000289. The van der Waals surface area contributed by atoms with Crippen LogP contribution in [-0.4, -0.2) is 22.6 Å². The van der Waals surface area contributed by atoms with E-state index in [9.17, 15) is 0 Å². The molecule has 7 heteroatoms. The molecule has 166 valence electrons. The molecule has 0 spiro atoms. The van der Waals surface area contributed by atoms with E-state index in [1.165, 1.54) is 32.7 Å². The van der Waals surface area contributed by atoms with Crippen molar-refractivity contribution in [3.05, 3.63) is 100 Å². The van der Waals surface area contributed by atoms with Crippen LogP contribution in [0.4, 0.5) is 0 Å². The third-order valence-corrected chi connectivity index (χ3v) is 6.28. The maximum absolute atomic E-state index is 4.37. The Morgan fingerprint density at radius 3 is 2.50 bits per heavy atom. The number of hydrogen-bond donors (Lipinski definition) is 2. The zero-order chi connectivity index (χ0) is 21.5. The van der Waals surface area contributed by atoms with Crippen molar-refractivity contribution in [1.29, 1.82) is 0 Å². The van der Waals surface area contributed by atoms with Crippen molar-refractivity contribution in [2.24, 2.45) is 4.99 Å². The predicted octanol–water partition coefficient (Wildman–Crippen LogP) is 5.45. The minimum absolute atomic E-state index is 0. The number of nitrogens with zero attached hydrogens (tertiary/aromatic N) is 3. The van der Waals surface area contributed by atoms with Gasteiger partial charge in [-0.25, -0.2) is 4.98 Å².